The van der Waals surface area contributed by atoms with Gasteiger partial charge < -0.3 is 20.1 Å². The Morgan fingerprint density at radius 1 is 1.06 bits per heavy atom. The van der Waals surface area contributed by atoms with Crippen molar-refractivity contribution in [1.82, 2.24) is 25.4 Å². The number of rotatable bonds is 9. The van der Waals surface area contributed by atoms with E-state index in [1.54, 1.807) is 26.6 Å². The number of aromatic nitrogens is 3. The monoisotopic (exact) mass is 421 g/mol. The molecule has 0 atom stereocenters. The van der Waals surface area contributed by atoms with Crippen molar-refractivity contribution in [2.24, 2.45) is 0 Å². The van der Waals surface area contributed by atoms with Crippen LogP contribution in [0.3, 0.4) is 0 Å². The quantitative estimate of drug-likeness (QED) is 0.553. The van der Waals surface area contributed by atoms with Gasteiger partial charge in [0, 0.05) is 42.7 Å². The van der Waals surface area contributed by atoms with Crippen LogP contribution in [0.4, 0.5) is 4.79 Å². The molecule has 4 rings (SSSR count). The highest BCUT2D eigenvalue weighted by Crippen LogP contribution is 2.41. The van der Waals surface area contributed by atoms with Crippen LogP contribution in [0, 0.1) is 0 Å². The van der Waals surface area contributed by atoms with Crippen LogP contribution in [0.5, 0.6) is 11.5 Å². The van der Waals surface area contributed by atoms with E-state index in [4.69, 9.17) is 14.6 Å². The van der Waals surface area contributed by atoms with Crippen molar-refractivity contribution < 1.29 is 14.3 Å². The summed E-state index contributed by atoms with van der Waals surface area (Å²) >= 11 is 0. The highest BCUT2D eigenvalue weighted by Gasteiger charge is 2.28. The largest absolute Gasteiger partial charge is 0.493 e. The van der Waals surface area contributed by atoms with E-state index in [0.717, 1.165) is 16.8 Å². The lowest BCUT2D eigenvalue weighted by Crippen LogP contribution is -2.37. The molecule has 1 aliphatic carbocycles. The molecule has 1 saturated carbocycles. The molecule has 2 aromatic heterocycles. The van der Waals surface area contributed by atoms with E-state index in [0.29, 0.717) is 37.1 Å². The summed E-state index contributed by atoms with van der Waals surface area (Å²) in [6.07, 6.45) is 5.94. The summed E-state index contributed by atoms with van der Waals surface area (Å²) in [6, 6.07) is 11.4. The van der Waals surface area contributed by atoms with Crippen molar-refractivity contribution in [2.45, 2.75) is 31.8 Å². The van der Waals surface area contributed by atoms with Crippen LogP contribution >= 0.6 is 0 Å². The van der Waals surface area contributed by atoms with Gasteiger partial charge >= 0.3 is 6.03 Å². The van der Waals surface area contributed by atoms with Crippen molar-refractivity contribution in [3.63, 3.8) is 0 Å². The van der Waals surface area contributed by atoms with Crippen molar-refractivity contribution in [3.05, 3.63) is 60.0 Å². The van der Waals surface area contributed by atoms with Gasteiger partial charge in [-0.2, -0.15) is 5.10 Å². The molecule has 31 heavy (non-hydrogen) atoms. The van der Waals surface area contributed by atoms with Gasteiger partial charge in [-0.05, 0) is 48.7 Å². The third-order valence-corrected chi connectivity index (χ3v) is 5.29. The normalized spacial score (nSPS) is 13.0. The number of carbonyl (C=O) groups excluding carboxylic acids is 1. The lowest BCUT2D eigenvalue weighted by atomic mass is 10.2. The number of carbonyl (C=O) groups is 1. The Morgan fingerprint density at radius 3 is 2.55 bits per heavy atom. The molecule has 2 heterocycles. The maximum atomic E-state index is 12.2. The summed E-state index contributed by atoms with van der Waals surface area (Å²) in [5.41, 5.74) is 4.16. The molecule has 162 valence electrons. The van der Waals surface area contributed by atoms with Crippen LogP contribution in [-0.4, -0.2) is 41.6 Å². The Morgan fingerprint density at radius 2 is 1.84 bits per heavy atom. The first-order valence-corrected chi connectivity index (χ1v) is 10.4. The zero-order valence-corrected chi connectivity index (χ0v) is 17.8. The van der Waals surface area contributed by atoms with Crippen LogP contribution in [0.15, 0.2) is 48.8 Å². The van der Waals surface area contributed by atoms with Gasteiger partial charge in [-0.25, -0.2) is 4.79 Å². The van der Waals surface area contributed by atoms with E-state index in [9.17, 15) is 4.79 Å². The number of amides is 2. The van der Waals surface area contributed by atoms with Gasteiger partial charge in [0.05, 0.1) is 26.5 Å². The number of urea groups is 1. The third kappa shape index (κ3) is 5.14. The number of methoxy groups -OCH3 is 2. The molecule has 1 aliphatic rings. The second-order valence-electron chi connectivity index (χ2n) is 7.49. The Bertz CT molecular complexity index is 1030. The van der Waals surface area contributed by atoms with E-state index in [1.165, 1.54) is 18.5 Å². The highest BCUT2D eigenvalue weighted by molar-refractivity contribution is 5.73. The molecule has 2 N–H and O–H groups in total. The van der Waals surface area contributed by atoms with Crippen molar-refractivity contribution in [2.75, 3.05) is 20.8 Å². The third-order valence-electron chi connectivity index (χ3n) is 5.29. The minimum Gasteiger partial charge on any atom is -0.493 e. The molecule has 8 nitrogen and oxygen atoms in total. The summed E-state index contributed by atoms with van der Waals surface area (Å²) in [5.74, 6) is 1.87. The van der Waals surface area contributed by atoms with Gasteiger partial charge in [-0.15, -0.1) is 0 Å². The van der Waals surface area contributed by atoms with E-state index < -0.39 is 0 Å². The highest BCUT2D eigenvalue weighted by atomic mass is 16.5. The van der Waals surface area contributed by atoms with E-state index in [-0.39, 0.29) is 6.03 Å². The summed E-state index contributed by atoms with van der Waals surface area (Å²) in [6.45, 7) is 1.52. The van der Waals surface area contributed by atoms with Gasteiger partial charge in [-0.1, -0.05) is 6.07 Å². The molecule has 8 heteroatoms. The predicted molar refractivity (Wildman–Crippen MR) is 117 cm³/mol. The van der Waals surface area contributed by atoms with Crippen molar-refractivity contribution >= 4 is 6.03 Å². The average Bonchev–Trinajstić information content (AvgIpc) is 3.57. The van der Waals surface area contributed by atoms with E-state index in [2.05, 4.69) is 21.7 Å². The molecule has 1 fully saturated rings. The maximum absolute atomic E-state index is 12.2. The predicted octanol–water partition coefficient (Wildman–Crippen LogP) is 3.34. The number of ether oxygens (including phenoxy) is 2. The zero-order chi connectivity index (χ0) is 21.6. The summed E-state index contributed by atoms with van der Waals surface area (Å²) in [5, 5.41) is 10.5. The lowest BCUT2D eigenvalue weighted by molar-refractivity contribution is 0.240. The molecular formula is C23H27N5O3. The summed E-state index contributed by atoms with van der Waals surface area (Å²) in [7, 11) is 3.19. The zero-order valence-electron chi connectivity index (χ0n) is 17.8. The Kier molecular flexibility index (Phi) is 6.35. The molecule has 2 amide bonds. The number of nitrogens with zero attached hydrogens (tertiary/aromatic N) is 3. The molecule has 0 radical (unpaired) electrons. The number of hydrogen-bond donors (Lipinski definition) is 2. The molecule has 3 aromatic rings. The molecule has 1 aromatic carbocycles. The molecule has 0 bridgehead atoms. The first kappa shape index (κ1) is 20.7. The van der Waals surface area contributed by atoms with Crippen LogP contribution in [0.2, 0.25) is 0 Å². The van der Waals surface area contributed by atoms with Gasteiger partial charge in [-0.3, -0.25) is 9.67 Å². The molecule has 0 unspecified atom stereocenters. The Labute approximate surface area is 181 Å². The fourth-order valence-corrected chi connectivity index (χ4v) is 3.49. The molecule has 0 saturated heterocycles. The molecule has 0 aliphatic heterocycles. The standard InChI is InChI=1S/C23H27N5O3/c1-30-21-6-3-16(13-22(21)31-2)15-26-23(29)25-11-12-28-20(18-4-5-18)14-19(27-28)17-7-9-24-10-8-17/h3,6-10,13-14,18H,4-5,11-12,15H2,1-2H3,(H2,25,26,29). The minimum atomic E-state index is -0.218. The fourth-order valence-electron chi connectivity index (χ4n) is 3.49. The smallest absolute Gasteiger partial charge is 0.315 e. The SMILES string of the molecule is COc1ccc(CNC(=O)NCCn2nc(-c3ccncc3)cc2C2CC2)cc1OC. The second kappa shape index (κ2) is 9.51. The first-order chi connectivity index (χ1) is 15.2. The second-order valence-corrected chi connectivity index (χ2v) is 7.49. The topological polar surface area (TPSA) is 90.3 Å². The van der Waals surface area contributed by atoms with Crippen LogP contribution in [0.25, 0.3) is 11.3 Å². The first-order valence-electron chi connectivity index (χ1n) is 10.4. The molecule has 0 spiro atoms. The fraction of sp³-hybridized carbons (Fsp3) is 0.348. The van der Waals surface area contributed by atoms with E-state index in [1.807, 2.05) is 35.0 Å². The number of hydrogen-bond acceptors (Lipinski definition) is 5. The van der Waals surface area contributed by atoms with Crippen molar-refractivity contribution in [1.29, 1.82) is 0 Å². The Hall–Kier alpha value is -3.55. The number of benzene rings is 1. The maximum Gasteiger partial charge on any atom is 0.315 e. The molecular weight excluding hydrogens is 394 g/mol. The lowest BCUT2D eigenvalue weighted by Gasteiger charge is -2.11. The van der Waals surface area contributed by atoms with Gasteiger partial charge in [0.2, 0.25) is 0 Å². The van der Waals surface area contributed by atoms with Crippen LogP contribution in [0.1, 0.15) is 30.0 Å². The number of pyridine rings is 1. The average molecular weight is 422 g/mol. The van der Waals surface area contributed by atoms with E-state index >= 15 is 0 Å². The van der Waals surface area contributed by atoms with Crippen LogP contribution < -0.4 is 20.1 Å². The Balaban J connectivity index is 1.30. The van der Waals surface area contributed by atoms with Crippen LogP contribution in [-0.2, 0) is 13.1 Å². The number of nitrogens with one attached hydrogen (secondary N) is 2. The van der Waals surface area contributed by atoms with Gasteiger partial charge in [0.15, 0.2) is 11.5 Å². The minimum absolute atomic E-state index is 0.218. The van der Waals surface area contributed by atoms with Gasteiger partial charge in [0.25, 0.3) is 0 Å². The summed E-state index contributed by atoms with van der Waals surface area (Å²) < 4.78 is 12.6. The van der Waals surface area contributed by atoms with Gasteiger partial charge in [0.1, 0.15) is 0 Å². The van der Waals surface area contributed by atoms with Crippen molar-refractivity contribution in [3.8, 4) is 22.8 Å². The summed E-state index contributed by atoms with van der Waals surface area (Å²) in [4.78, 5) is 16.3.